The lowest BCUT2D eigenvalue weighted by Gasteiger charge is -2.33. The van der Waals surface area contributed by atoms with Crippen molar-refractivity contribution in [3.05, 3.63) is 0 Å². The molecule has 0 saturated carbocycles. The quantitative estimate of drug-likeness (QED) is 0.631. The van der Waals surface area contributed by atoms with Crippen molar-refractivity contribution in [1.29, 1.82) is 0 Å². The molecule has 2 N–H and O–H groups in total. The van der Waals surface area contributed by atoms with Crippen molar-refractivity contribution in [1.82, 2.24) is 4.90 Å². The van der Waals surface area contributed by atoms with Crippen LogP contribution >= 0.6 is 7.82 Å². The molecule has 0 amide bonds. The van der Waals surface area contributed by atoms with Crippen molar-refractivity contribution in [2.75, 3.05) is 39.5 Å². The Morgan fingerprint density at radius 3 is 2.47 bits per heavy atom. The van der Waals surface area contributed by atoms with Crippen LogP contribution in [0.25, 0.3) is 0 Å². The Morgan fingerprint density at radius 1 is 1.29 bits per heavy atom. The first-order chi connectivity index (χ1) is 8.03. The molecule has 1 saturated heterocycles. The molecule has 0 spiro atoms. The molecule has 8 heteroatoms. The third-order valence-electron chi connectivity index (χ3n) is 2.72. The van der Waals surface area contributed by atoms with Crippen LogP contribution in [0.4, 0.5) is 0 Å². The summed E-state index contributed by atoms with van der Waals surface area (Å²) in [4.78, 5) is 19.0. The maximum Gasteiger partial charge on any atom is 0.469 e. The van der Waals surface area contributed by atoms with E-state index in [1.165, 1.54) is 0 Å². The Bertz CT molecular complexity index is 252. The molecule has 0 aromatic carbocycles. The Hall–Kier alpha value is -0.0100. The monoisotopic (exact) mass is 268 g/mol. The van der Waals surface area contributed by atoms with Gasteiger partial charge in [0.25, 0.3) is 0 Å². The van der Waals surface area contributed by atoms with Gasteiger partial charge in [0, 0.05) is 32.3 Å². The molecule has 1 heterocycles. The molecular formula is C9H19NO6P. The molecule has 1 aliphatic rings. The van der Waals surface area contributed by atoms with E-state index in [1.807, 2.05) is 4.90 Å². The second kappa shape index (κ2) is 7.43. The summed E-state index contributed by atoms with van der Waals surface area (Å²) in [7, 11) is -4.41. The zero-order chi connectivity index (χ0) is 12.7. The average molecular weight is 268 g/mol. The molecule has 1 fully saturated rings. The summed E-state index contributed by atoms with van der Waals surface area (Å²) in [5, 5.41) is 10.7. The van der Waals surface area contributed by atoms with E-state index in [0.717, 1.165) is 12.8 Å². The predicted molar refractivity (Wildman–Crippen MR) is 59.0 cm³/mol. The minimum Gasteiger partial charge on any atom is -0.381 e. The van der Waals surface area contributed by atoms with E-state index < -0.39 is 7.82 Å². The lowest BCUT2D eigenvalue weighted by atomic mass is 10.1. The van der Waals surface area contributed by atoms with Gasteiger partial charge < -0.3 is 14.5 Å². The van der Waals surface area contributed by atoms with E-state index in [0.29, 0.717) is 26.3 Å². The molecule has 101 valence electrons. The fraction of sp³-hybridized carbons (Fsp3) is 1.00. The summed E-state index contributed by atoms with van der Waals surface area (Å²) in [5.74, 6) is 0. The second-order valence-electron chi connectivity index (χ2n) is 3.91. The first kappa shape index (κ1) is 15.0. The summed E-state index contributed by atoms with van der Waals surface area (Å²) in [5.41, 5.74) is 0. The zero-order valence-corrected chi connectivity index (χ0v) is 10.6. The lowest BCUT2D eigenvalue weighted by Crippen LogP contribution is -2.42. The molecule has 1 rings (SSSR count). The number of rotatable bonds is 7. The molecule has 0 atom stereocenters. The normalized spacial score (nSPS) is 18.8. The lowest BCUT2D eigenvalue weighted by molar-refractivity contribution is 0.0166. The summed E-state index contributed by atoms with van der Waals surface area (Å²) < 4.78 is 20.1. The molecule has 0 aromatic heterocycles. The zero-order valence-electron chi connectivity index (χ0n) is 9.66. The van der Waals surface area contributed by atoms with Gasteiger partial charge in [-0.15, -0.1) is 0 Å². The fourth-order valence-corrected chi connectivity index (χ4v) is 2.24. The van der Waals surface area contributed by atoms with Crippen LogP contribution in [0.15, 0.2) is 0 Å². The third-order valence-corrected chi connectivity index (χ3v) is 3.24. The van der Waals surface area contributed by atoms with E-state index in [9.17, 15) is 9.67 Å². The van der Waals surface area contributed by atoms with Crippen LogP contribution in [0.2, 0.25) is 0 Å². The van der Waals surface area contributed by atoms with Crippen molar-refractivity contribution in [2.45, 2.75) is 18.9 Å². The van der Waals surface area contributed by atoms with Crippen LogP contribution < -0.4 is 0 Å². The summed E-state index contributed by atoms with van der Waals surface area (Å²) in [6, 6.07) is 0.248. The number of nitrogens with zero attached hydrogens (tertiary/aromatic N) is 1. The highest BCUT2D eigenvalue weighted by Crippen LogP contribution is 2.35. The Balaban J connectivity index is 2.34. The Labute approximate surface area is 101 Å². The molecule has 0 bridgehead atoms. The molecule has 1 aliphatic heterocycles. The SMILES string of the molecule is [O]CCN(CCOP(=O)(O)O)C1CCOCC1. The van der Waals surface area contributed by atoms with Crippen LogP contribution in [0.3, 0.4) is 0 Å². The fourth-order valence-electron chi connectivity index (χ4n) is 1.92. The van der Waals surface area contributed by atoms with Gasteiger partial charge in [-0.1, -0.05) is 0 Å². The maximum absolute atomic E-state index is 10.7. The van der Waals surface area contributed by atoms with Crippen molar-refractivity contribution in [3.8, 4) is 0 Å². The van der Waals surface area contributed by atoms with Gasteiger partial charge in [0.05, 0.1) is 13.2 Å². The van der Waals surface area contributed by atoms with Crippen LogP contribution in [0.1, 0.15) is 12.8 Å². The molecule has 1 radical (unpaired) electrons. The number of hydrogen-bond acceptors (Lipinski definition) is 4. The van der Waals surface area contributed by atoms with Crippen molar-refractivity contribution in [2.24, 2.45) is 0 Å². The third kappa shape index (κ3) is 6.47. The van der Waals surface area contributed by atoms with Crippen LogP contribution in [-0.2, 0) is 18.9 Å². The van der Waals surface area contributed by atoms with Crippen molar-refractivity contribution in [3.63, 3.8) is 0 Å². The summed E-state index contributed by atoms with van der Waals surface area (Å²) >= 11 is 0. The molecule has 17 heavy (non-hydrogen) atoms. The number of ether oxygens (including phenoxy) is 1. The van der Waals surface area contributed by atoms with Crippen LogP contribution in [0, 0.1) is 0 Å². The van der Waals surface area contributed by atoms with Gasteiger partial charge in [-0.05, 0) is 12.8 Å². The van der Waals surface area contributed by atoms with E-state index in [4.69, 9.17) is 14.5 Å². The van der Waals surface area contributed by atoms with Gasteiger partial charge >= 0.3 is 7.82 Å². The first-order valence-corrected chi connectivity index (χ1v) is 7.16. The molecule has 0 aliphatic carbocycles. The topological polar surface area (TPSA) is 99.1 Å². The van der Waals surface area contributed by atoms with E-state index in [1.54, 1.807) is 0 Å². The maximum atomic E-state index is 10.7. The van der Waals surface area contributed by atoms with Crippen molar-refractivity contribution >= 4 is 7.82 Å². The molecule has 0 aromatic rings. The number of phosphoric acid groups is 1. The number of hydrogen-bond donors (Lipinski definition) is 2. The van der Waals surface area contributed by atoms with E-state index in [2.05, 4.69) is 4.52 Å². The molecule has 7 nitrogen and oxygen atoms in total. The van der Waals surface area contributed by atoms with Gasteiger partial charge in [-0.25, -0.2) is 9.67 Å². The number of phosphoric ester groups is 1. The standard InChI is InChI=1S/C9H19NO6P/c11-5-3-10(4-8-16-17(12,13)14)9-1-6-15-7-2-9/h9H,1-8H2,(H2,12,13,14). The second-order valence-corrected chi connectivity index (χ2v) is 5.15. The highest BCUT2D eigenvalue weighted by atomic mass is 31.2. The minimum atomic E-state index is -4.41. The smallest absolute Gasteiger partial charge is 0.381 e. The van der Waals surface area contributed by atoms with Gasteiger partial charge in [0.2, 0.25) is 0 Å². The highest BCUT2D eigenvalue weighted by Gasteiger charge is 2.22. The average Bonchev–Trinajstić information content (AvgIpc) is 2.27. The summed E-state index contributed by atoms with van der Waals surface area (Å²) in [6.07, 6.45) is 1.69. The summed E-state index contributed by atoms with van der Waals surface area (Å²) in [6.45, 7) is 1.76. The predicted octanol–water partition coefficient (Wildman–Crippen LogP) is 0.00720. The minimum absolute atomic E-state index is 0.0678. The Kier molecular flexibility index (Phi) is 6.58. The van der Waals surface area contributed by atoms with Gasteiger partial charge in [-0.3, -0.25) is 9.42 Å². The van der Waals surface area contributed by atoms with Gasteiger partial charge in [0.15, 0.2) is 0 Å². The van der Waals surface area contributed by atoms with Gasteiger partial charge in [-0.2, -0.15) is 0 Å². The first-order valence-electron chi connectivity index (χ1n) is 5.63. The highest BCUT2D eigenvalue weighted by molar-refractivity contribution is 7.46. The van der Waals surface area contributed by atoms with Crippen LogP contribution in [0.5, 0.6) is 0 Å². The molecule has 0 unspecified atom stereocenters. The largest absolute Gasteiger partial charge is 0.469 e. The van der Waals surface area contributed by atoms with E-state index in [-0.39, 0.29) is 19.3 Å². The van der Waals surface area contributed by atoms with Crippen LogP contribution in [-0.4, -0.2) is 60.2 Å². The van der Waals surface area contributed by atoms with E-state index >= 15 is 0 Å². The van der Waals surface area contributed by atoms with Crippen molar-refractivity contribution < 1.29 is 28.7 Å². The Morgan fingerprint density at radius 2 is 1.94 bits per heavy atom. The van der Waals surface area contributed by atoms with Gasteiger partial charge in [0.1, 0.15) is 0 Å². The molecular weight excluding hydrogens is 249 g/mol.